The summed E-state index contributed by atoms with van der Waals surface area (Å²) >= 11 is 6.26. The van der Waals surface area contributed by atoms with Gasteiger partial charge in [-0.05, 0) is 43.4 Å². The van der Waals surface area contributed by atoms with Gasteiger partial charge in [0.25, 0.3) is 0 Å². The minimum absolute atomic E-state index is 0.0453. The summed E-state index contributed by atoms with van der Waals surface area (Å²) in [4.78, 5) is 2.22. The molecule has 3 heteroatoms. The predicted molar refractivity (Wildman–Crippen MR) is 77.8 cm³/mol. The van der Waals surface area contributed by atoms with Crippen LogP contribution in [0.4, 0.5) is 5.69 Å². The normalized spacial score (nSPS) is 16.1. The number of terminal acetylenes is 1. The van der Waals surface area contributed by atoms with Crippen LogP contribution in [0.1, 0.15) is 31.4 Å². The van der Waals surface area contributed by atoms with Crippen LogP contribution in [-0.4, -0.2) is 13.1 Å². The second kappa shape index (κ2) is 5.65. The number of nitrogens with zero attached hydrogens (tertiary/aromatic N) is 1. The molecule has 1 aliphatic rings. The summed E-state index contributed by atoms with van der Waals surface area (Å²) in [6.45, 7) is 3.59. The van der Waals surface area contributed by atoms with E-state index in [1.165, 1.54) is 12.8 Å². The molecule has 18 heavy (non-hydrogen) atoms. The molecule has 0 heterocycles. The van der Waals surface area contributed by atoms with E-state index in [0.29, 0.717) is 6.54 Å². The zero-order valence-corrected chi connectivity index (χ0v) is 11.5. The first-order valence-corrected chi connectivity index (χ1v) is 6.73. The van der Waals surface area contributed by atoms with Crippen LogP contribution in [-0.2, 0) is 0 Å². The summed E-state index contributed by atoms with van der Waals surface area (Å²) in [7, 11) is 0. The molecule has 0 amide bonds. The van der Waals surface area contributed by atoms with E-state index in [9.17, 15) is 0 Å². The van der Waals surface area contributed by atoms with Crippen LogP contribution in [0.5, 0.6) is 0 Å². The number of nitrogens with two attached hydrogens (primary N) is 1. The smallest absolute Gasteiger partial charge is 0.0791 e. The Morgan fingerprint density at radius 2 is 2.28 bits per heavy atom. The van der Waals surface area contributed by atoms with E-state index in [-0.39, 0.29) is 6.04 Å². The highest BCUT2D eigenvalue weighted by atomic mass is 35.5. The van der Waals surface area contributed by atoms with E-state index in [1.54, 1.807) is 0 Å². The van der Waals surface area contributed by atoms with Crippen LogP contribution < -0.4 is 10.6 Å². The third-order valence-corrected chi connectivity index (χ3v) is 3.62. The standard InChI is InChI=1S/C15H19ClN2/c1-3-8-18(10-12-4-5-12)13-6-7-14(11(2)17)15(16)9-13/h1,6-7,9,11-12H,4-5,8,10,17H2,2H3. The Labute approximate surface area is 114 Å². The lowest BCUT2D eigenvalue weighted by Gasteiger charge is -2.23. The van der Waals surface area contributed by atoms with Gasteiger partial charge in [0.15, 0.2) is 0 Å². The molecule has 0 radical (unpaired) electrons. The average Bonchev–Trinajstić information content (AvgIpc) is 3.11. The van der Waals surface area contributed by atoms with E-state index < -0.39 is 0 Å². The quantitative estimate of drug-likeness (QED) is 0.826. The third kappa shape index (κ3) is 3.19. The van der Waals surface area contributed by atoms with Crippen molar-refractivity contribution < 1.29 is 0 Å². The Morgan fingerprint density at radius 3 is 2.78 bits per heavy atom. The number of hydrogen-bond donors (Lipinski definition) is 1. The van der Waals surface area contributed by atoms with Crippen molar-refractivity contribution >= 4 is 17.3 Å². The maximum absolute atomic E-state index is 6.26. The lowest BCUT2D eigenvalue weighted by Crippen LogP contribution is -2.26. The molecule has 2 nitrogen and oxygen atoms in total. The van der Waals surface area contributed by atoms with Crippen LogP contribution in [0.25, 0.3) is 0 Å². The van der Waals surface area contributed by atoms with Gasteiger partial charge in [-0.3, -0.25) is 0 Å². The second-order valence-corrected chi connectivity index (χ2v) is 5.43. The van der Waals surface area contributed by atoms with Crippen LogP contribution in [0, 0.1) is 18.3 Å². The Kier molecular flexibility index (Phi) is 4.16. The molecule has 2 N–H and O–H groups in total. The fourth-order valence-electron chi connectivity index (χ4n) is 2.07. The SMILES string of the molecule is C#CCN(CC1CC1)c1ccc(C(C)N)c(Cl)c1. The van der Waals surface area contributed by atoms with Gasteiger partial charge in [-0.1, -0.05) is 23.6 Å². The molecule has 1 fully saturated rings. The molecule has 1 aromatic carbocycles. The van der Waals surface area contributed by atoms with Gasteiger partial charge < -0.3 is 10.6 Å². The van der Waals surface area contributed by atoms with Crippen LogP contribution >= 0.6 is 11.6 Å². The minimum Gasteiger partial charge on any atom is -0.360 e. The number of anilines is 1. The van der Waals surface area contributed by atoms with Crippen molar-refractivity contribution in [3.05, 3.63) is 28.8 Å². The fourth-order valence-corrected chi connectivity index (χ4v) is 2.41. The number of rotatable bonds is 5. The van der Waals surface area contributed by atoms with Gasteiger partial charge in [0, 0.05) is 23.3 Å². The van der Waals surface area contributed by atoms with Gasteiger partial charge in [-0.2, -0.15) is 0 Å². The van der Waals surface area contributed by atoms with Gasteiger partial charge in [0.1, 0.15) is 0 Å². The van der Waals surface area contributed by atoms with Crippen LogP contribution in [0.2, 0.25) is 5.02 Å². The Bertz CT molecular complexity index is 458. The summed E-state index contributed by atoms with van der Waals surface area (Å²) in [5.41, 5.74) is 7.93. The summed E-state index contributed by atoms with van der Waals surface area (Å²) in [6, 6.07) is 5.99. The Morgan fingerprint density at radius 1 is 1.56 bits per heavy atom. The van der Waals surface area contributed by atoms with Crippen molar-refractivity contribution in [2.45, 2.75) is 25.8 Å². The number of benzene rings is 1. The topological polar surface area (TPSA) is 29.3 Å². The van der Waals surface area contributed by atoms with Gasteiger partial charge in [0.05, 0.1) is 6.54 Å². The van der Waals surface area contributed by atoms with E-state index in [1.807, 2.05) is 19.1 Å². The second-order valence-electron chi connectivity index (χ2n) is 5.02. The van der Waals surface area contributed by atoms with E-state index in [4.69, 9.17) is 23.8 Å². The maximum Gasteiger partial charge on any atom is 0.0791 e. The van der Waals surface area contributed by atoms with E-state index in [2.05, 4.69) is 16.9 Å². The molecule has 0 saturated heterocycles. The molecule has 2 rings (SSSR count). The molecule has 1 saturated carbocycles. The van der Waals surface area contributed by atoms with Gasteiger partial charge in [-0.25, -0.2) is 0 Å². The number of hydrogen-bond acceptors (Lipinski definition) is 2. The molecule has 0 spiro atoms. The molecular weight excluding hydrogens is 244 g/mol. The van der Waals surface area contributed by atoms with Crippen molar-refractivity contribution in [1.29, 1.82) is 0 Å². The zero-order valence-electron chi connectivity index (χ0n) is 10.7. The van der Waals surface area contributed by atoms with Gasteiger partial charge in [0.2, 0.25) is 0 Å². The summed E-state index contributed by atoms with van der Waals surface area (Å²) < 4.78 is 0. The van der Waals surface area contributed by atoms with Gasteiger partial charge in [-0.15, -0.1) is 6.42 Å². The van der Waals surface area contributed by atoms with Crippen molar-refractivity contribution in [2.75, 3.05) is 18.0 Å². The van der Waals surface area contributed by atoms with E-state index in [0.717, 1.165) is 28.7 Å². The first-order chi connectivity index (χ1) is 8.61. The van der Waals surface area contributed by atoms with Crippen molar-refractivity contribution in [3.8, 4) is 12.3 Å². The highest BCUT2D eigenvalue weighted by molar-refractivity contribution is 6.31. The molecule has 0 bridgehead atoms. The maximum atomic E-state index is 6.26. The summed E-state index contributed by atoms with van der Waals surface area (Å²) in [6.07, 6.45) is 8.06. The minimum atomic E-state index is -0.0453. The van der Waals surface area contributed by atoms with Crippen molar-refractivity contribution in [3.63, 3.8) is 0 Å². The average molecular weight is 263 g/mol. The third-order valence-electron chi connectivity index (χ3n) is 3.30. The first-order valence-electron chi connectivity index (χ1n) is 6.35. The lowest BCUT2D eigenvalue weighted by atomic mass is 10.1. The fraction of sp³-hybridized carbons (Fsp3) is 0.467. The molecule has 1 unspecified atom stereocenters. The molecule has 1 aliphatic carbocycles. The van der Waals surface area contributed by atoms with Crippen LogP contribution in [0.3, 0.4) is 0 Å². The first kappa shape index (κ1) is 13.3. The molecule has 1 atom stereocenters. The van der Waals surface area contributed by atoms with Crippen molar-refractivity contribution in [1.82, 2.24) is 0 Å². The van der Waals surface area contributed by atoms with Crippen molar-refractivity contribution in [2.24, 2.45) is 11.7 Å². The van der Waals surface area contributed by atoms with Crippen LogP contribution in [0.15, 0.2) is 18.2 Å². The Balaban J connectivity index is 2.19. The lowest BCUT2D eigenvalue weighted by molar-refractivity contribution is 0.763. The molecular formula is C15H19ClN2. The molecule has 1 aromatic rings. The largest absolute Gasteiger partial charge is 0.360 e. The highest BCUT2D eigenvalue weighted by Crippen LogP contribution is 2.33. The molecule has 0 aromatic heterocycles. The zero-order chi connectivity index (χ0) is 13.1. The molecule has 96 valence electrons. The summed E-state index contributed by atoms with van der Waals surface area (Å²) in [5.74, 6) is 3.51. The highest BCUT2D eigenvalue weighted by Gasteiger charge is 2.24. The monoisotopic (exact) mass is 262 g/mol. The number of halogens is 1. The molecule has 0 aliphatic heterocycles. The Hall–Kier alpha value is -1.17. The summed E-state index contributed by atoms with van der Waals surface area (Å²) in [5, 5.41) is 0.723. The van der Waals surface area contributed by atoms with E-state index >= 15 is 0 Å². The van der Waals surface area contributed by atoms with Gasteiger partial charge >= 0.3 is 0 Å². The predicted octanol–water partition coefficient (Wildman–Crippen LogP) is 3.21.